The number of H-pyrrole nitrogens is 1. The molecule has 1 aromatic heterocycles. The zero-order chi connectivity index (χ0) is 21.1. The highest BCUT2D eigenvalue weighted by Gasteiger charge is 2.28. The van der Waals surface area contributed by atoms with Crippen molar-refractivity contribution in [3.8, 4) is 0 Å². The molecule has 0 spiro atoms. The van der Waals surface area contributed by atoms with Crippen molar-refractivity contribution in [3.63, 3.8) is 0 Å². The number of carbonyl (C=O) groups is 1. The summed E-state index contributed by atoms with van der Waals surface area (Å²) in [5.74, 6) is 0.551. The van der Waals surface area contributed by atoms with Crippen LogP contribution >= 0.6 is 0 Å². The predicted octanol–water partition coefficient (Wildman–Crippen LogP) is 2.61. The van der Waals surface area contributed by atoms with E-state index >= 15 is 0 Å². The molecule has 2 aliphatic rings. The van der Waals surface area contributed by atoms with Crippen LogP contribution in [-0.2, 0) is 0 Å². The smallest absolute Gasteiger partial charge is 0.270 e. The fraction of sp³-hybridized carbons (Fsp3) is 0.455. The van der Waals surface area contributed by atoms with Crippen LogP contribution in [-0.4, -0.2) is 55.0 Å². The second-order valence-corrected chi connectivity index (χ2v) is 8.17. The second-order valence-electron chi connectivity index (χ2n) is 8.17. The van der Waals surface area contributed by atoms with Gasteiger partial charge in [-0.2, -0.15) is 0 Å². The van der Waals surface area contributed by atoms with E-state index in [4.69, 9.17) is 0 Å². The number of aromatic nitrogens is 1. The van der Waals surface area contributed by atoms with Crippen LogP contribution in [0.2, 0.25) is 0 Å². The number of nitrogens with one attached hydrogen (secondary N) is 1. The Bertz CT molecular complexity index is 904. The first-order chi connectivity index (χ1) is 14.5. The number of hydrogen-bond acceptors (Lipinski definition) is 5. The largest absolute Gasteiger partial charge is 0.371 e. The van der Waals surface area contributed by atoms with E-state index in [0.717, 1.165) is 50.4 Å². The van der Waals surface area contributed by atoms with Crippen molar-refractivity contribution >= 4 is 23.0 Å². The standard InChI is InChI=1S/C22H27N5O3/c1-17-6-10-25(11-7-17)21-3-2-19(27(29)30)16-20(21)22(28)26-14-12-24(13-15-26)18-4-8-23-9-5-18/h2-5,8-9,16-17H,6-7,10-15H2,1H3/p+1. The van der Waals surface area contributed by atoms with E-state index in [9.17, 15) is 14.9 Å². The van der Waals surface area contributed by atoms with Crippen LogP contribution in [0.5, 0.6) is 0 Å². The van der Waals surface area contributed by atoms with Crippen LogP contribution in [0.1, 0.15) is 30.1 Å². The molecule has 0 atom stereocenters. The number of piperidine rings is 1. The third-order valence-corrected chi connectivity index (χ3v) is 6.18. The maximum absolute atomic E-state index is 13.4. The summed E-state index contributed by atoms with van der Waals surface area (Å²) in [5.41, 5.74) is 2.35. The van der Waals surface area contributed by atoms with Crippen molar-refractivity contribution in [2.45, 2.75) is 19.8 Å². The van der Waals surface area contributed by atoms with E-state index in [2.05, 4.69) is 21.7 Å². The van der Waals surface area contributed by atoms with E-state index in [-0.39, 0.29) is 11.6 Å². The molecular formula is C22H28N5O3+. The summed E-state index contributed by atoms with van der Waals surface area (Å²) in [7, 11) is 0. The van der Waals surface area contributed by atoms with Gasteiger partial charge in [0.15, 0.2) is 12.4 Å². The molecule has 1 aromatic carbocycles. The number of non-ortho nitro benzene ring substituents is 1. The summed E-state index contributed by atoms with van der Waals surface area (Å²) in [6.45, 7) is 6.65. The molecule has 3 heterocycles. The van der Waals surface area contributed by atoms with E-state index in [1.54, 1.807) is 6.07 Å². The van der Waals surface area contributed by atoms with Crippen LogP contribution in [0.25, 0.3) is 0 Å². The van der Waals surface area contributed by atoms with Gasteiger partial charge in [-0.05, 0) is 24.8 Å². The zero-order valence-electron chi connectivity index (χ0n) is 17.3. The highest BCUT2D eigenvalue weighted by molar-refractivity contribution is 6.00. The van der Waals surface area contributed by atoms with Gasteiger partial charge < -0.3 is 14.7 Å². The topological polar surface area (TPSA) is 84.1 Å². The molecule has 8 nitrogen and oxygen atoms in total. The number of rotatable bonds is 4. The maximum Gasteiger partial charge on any atom is 0.270 e. The van der Waals surface area contributed by atoms with Crippen molar-refractivity contribution in [2.75, 3.05) is 49.1 Å². The summed E-state index contributed by atoms with van der Waals surface area (Å²) in [6, 6.07) is 8.75. The molecule has 0 bridgehead atoms. The van der Waals surface area contributed by atoms with Crippen molar-refractivity contribution < 1.29 is 14.7 Å². The van der Waals surface area contributed by atoms with Crippen molar-refractivity contribution in [3.05, 3.63) is 58.4 Å². The second kappa shape index (κ2) is 8.69. The predicted molar refractivity (Wildman–Crippen MR) is 115 cm³/mol. The average molecular weight is 410 g/mol. The molecule has 2 saturated heterocycles. The fourth-order valence-corrected chi connectivity index (χ4v) is 4.26. The molecule has 0 unspecified atom stereocenters. The van der Waals surface area contributed by atoms with Gasteiger partial charge >= 0.3 is 0 Å². The van der Waals surface area contributed by atoms with Gasteiger partial charge in [0.05, 0.1) is 16.2 Å². The van der Waals surface area contributed by atoms with Crippen molar-refractivity contribution in [1.29, 1.82) is 0 Å². The van der Waals surface area contributed by atoms with Gasteiger partial charge in [0, 0.05) is 69.2 Å². The molecule has 0 saturated carbocycles. The monoisotopic (exact) mass is 410 g/mol. The van der Waals surface area contributed by atoms with Gasteiger partial charge in [-0.3, -0.25) is 14.9 Å². The Balaban J connectivity index is 1.54. The molecule has 0 aliphatic carbocycles. The normalized spacial score (nSPS) is 17.8. The Hall–Kier alpha value is -3.16. The molecule has 1 amide bonds. The minimum absolute atomic E-state index is 0.0355. The van der Waals surface area contributed by atoms with Crippen LogP contribution < -0.4 is 14.8 Å². The minimum atomic E-state index is -0.427. The van der Waals surface area contributed by atoms with Crippen molar-refractivity contribution in [2.24, 2.45) is 5.92 Å². The Morgan fingerprint density at radius 2 is 1.67 bits per heavy atom. The fourth-order valence-electron chi connectivity index (χ4n) is 4.26. The van der Waals surface area contributed by atoms with E-state index in [1.165, 1.54) is 12.1 Å². The lowest BCUT2D eigenvalue weighted by atomic mass is 9.97. The number of piperazine rings is 1. The summed E-state index contributed by atoms with van der Waals surface area (Å²) < 4.78 is 0. The maximum atomic E-state index is 13.4. The molecule has 2 aliphatic heterocycles. The number of pyridine rings is 1. The molecule has 2 aromatic rings. The minimum Gasteiger partial charge on any atom is -0.371 e. The Morgan fingerprint density at radius 3 is 2.30 bits per heavy atom. The lowest BCUT2D eigenvalue weighted by Crippen LogP contribution is -2.49. The van der Waals surface area contributed by atoms with Crippen LogP contribution in [0.4, 0.5) is 17.1 Å². The number of nitro benzene ring substituents is 1. The number of hydrogen-bond donors (Lipinski definition) is 0. The summed E-state index contributed by atoms with van der Waals surface area (Å²) in [4.78, 5) is 33.6. The Labute approximate surface area is 176 Å². The first kappa shape index (κ1) is 20.1. The lowest BCUT2D eigenvalue weighted by Gasteiger charge is -2.37. The van der Waals surface area contributed by atoms with Gasteiger partial charge in [-0.1, -0.05) is 6.92 Å². The molecule has 2 fully saturated rings. The first-order valence-corrected chi connectivity index (χ1v) is 10.6. The number of anilines is 2. The number of carbonyl (C=O) groups excluding carboxylic acids is 1. The summed E-state index contributed by atoms with van der Waals surface area (Å²) >= 11 is 0. The SMILES string of the molecule is CC1CCN(c2ccc([N+](=O)[O-])cc2C(=O)N2CCN(c3cc[nH+]cc3)CC2)CC1. The van der Waals surface area contributed by atoms with E-state index in [1.807, 2.05) is 29.4 Å². The van der Waals surface area contributed by atoms with Crippen LogP contribution in [0.3, 0.4) is 0 Å². The zero-order valence-corrected chi connectivity index (χ0v) is 17.3. The van der Waals surface area contributed by atoms with Crippen LogP contribution in [0, 0.1) is 16.0 Å². The molecule has 8 heteroatoms. The molecule has 1 N–H and O–H groups in total. The first-order valence-electron chi connectivity index (χ1n) is 10.6. The van der Waals surface area contributed by atoms with Crippen LogP contribution in [0.15, 0.2) is 42.7 Å². The molecule has 30 heavy (non-hydrogen) atoms. The lowest BCUT2D eigenvalue weighted by molar-refractivity contribution is -0.384. The van der Waals surface area contributed by atoms with Gasteiger partial charge in [-0.25, -0.2) is 4.98 Å². The van der Waals surface area contributed by atoms with Gasteiger partial charge in [0.2, 0.25) is 0 Å². The molecule has 4 rings (SSSR count). The quantitative estimate of drug-likeness (QED) is 0.571. The summed E-state index contributed by atoms with van der Waals surface area (Å²) in [6.07, 6.45) is 5.92. The Kier molecular flexibility index (Phi) is 5.83. The molecule has 158 valence electrons. The highest BCUT2D eigenvalue weighted by atomic mass is 16.6. The average Bonchev–Trinajstić information content (AvgIpc) is 2.79. The number of nitrogens with zero attached hydrogens (tertiary/aromatic N) is 4. The van der Waals surface area contributed by atoms with Gasteiger partial charge in [0.1, 0.15) is 0 Å². The highest BCUT2D eigenvalue weighted by Crippen LogP contribution is 2.30. The number of benzene rings is 1. The van der Waals surface area contributed by atoms with Gasteiger partial charge in [0.25, 0.3) is 11.6 Å². The number of nitro groups is 1. The third kappa shape index (κ3) is 4.22. The molecule has 0 radical (unpaired) electrons. The number of amides is 1. The number of aromatic amines is 1. The van der Waals surface area contributed by atoms with E-state index in [0.29, 0.717) is 24.6 Å². The van der Waals surface area contributed by atoms with Crippen molar-refractivity contribution in [1.82, 2.24) is 4.90 Å². The van der Waals surface area contributed by atoms with Gasteiger partial charge in [-0.15, -0.1) is 0 Å². The third-order valence-electron chi connectivity index (χ3n) is 6.18. The van der Waals surface area contributed by atoms with E-state index < -0.39 is 4.92 Å². The molecular weight excluding hydrogens is 382 g/mol. The Morgan fingerprint density at radius 1 is 1.00 bits per heavy atom. The summed E-state index contributed by atoms with van der Waals surface area (Å²) in [5, 5.41) is 11.3.